The molecule has 2 N–H and O–H groups in total. The lowest BCUT2D eigenvalue weighted by Gasteiger charge is -2.30. The standard InChI is InChI=1S/C16H20ClNO2/c1-10-8-12(17)9-13-14(10)18-15(19)16(13,20)11-6-4-2-3-5-7-11/h8-9,11,20H,2-7H2,1H3,(H,18,19). The van der Waals surface area contributed by atoms with Crippen LogP contribution in [0.2, 0.25) is 5.02 Å². The number of amides is 1. The van der Waals surface area contributed by atoms with Crippen molar-refractivity contribution in [1.29, 1.82) is 0 Å². The van der Waals surface area contributed by atoms with Crippen molar-refractivity contribution < 1.29 is 9.90 Å². The van der Waals surface area contributed by atoms with E-state index in [-0.39, 0.29) is 11.8 Å². The second-order valence-corrected chi connectivity index (χ2v) is 6.49. The van der Waals surface area contributed by atoms with Gasteiger partial charge in [0.2, 0.25) is 0 Å². The fraction of sp³-hybridized carbons (Fsp3) is 0.562. The molecule has 3 nitrogen and oxygen atoms in total. The maximum atomic E-state index is 12.4. The molecule has 1 aliphatic heterocycles. The molecule has 1 heterocycles. The third kappa shape index (κ3) is 2.04. The first-order valence-corrected chi connectivity index (χ1v) is 7.75. The molecule has 1 atom stereocenters. The molecule has 3 rings (SSSR count). The van der Waals surface area contributed by atoms with E-state index < -0.39 is 5.60 Å². The maximum Gasteiger partial charge on any atom is 0.261 e. The van der Waals surface area contributed by atoms with Crippen LogP contribution in [-0.2, 0) is 10.4 Å². The van der Waals surface area contributed by atoms with Gasteiger partial charge in [0.1, 0.15) is 0 Å². The van der Waals surface area contributed by atoms with Crippen molar-refractivity contribution in [1.82, 2.24) is 0 Å². The van der Waals surface area contributed by atoms with Crippen LogP contribution in [-0.4, -0.2) is 11.0 Å². The summed E-state index contributed by atoms with van der Waals surface area (Å²) in [6, 6.07) is 3.56. The number of nitrogens with one attached hydrogen (secondary N) is 1. The second-order valence-electron chi connectivity index (χ2n) is 6.05. The van der Waals surface area contributed by atoms with Crippen LogP contribution >= 0.6 is 11.6 Å². The first-order valence-electron chi connectivity index (χ1n) is 7.38. The van der Waals surface area contributed by atoms with Gasteiger partial charge in [0.15, 0.2) is 5.60 Å². The summed E-state index contributed by atoms with van der Waals surface area (Å²) >= 11 is 6.12. The summed E-state index contributed by atoms with van der Waals surface area (Å²) < 4.78 is 0. The number of benzene rings is 1. The highest BCUT2D eigenvalue weighted by molar-refractivity contribution is 6.31. The third-order valence-corrected chi connectivity index (χ3v) is 4.96. The minimum Gasteiger partial charge on any atom is -0.375 e. The van der Waals surface area contributed by atoms with E-state index in [9.17, 15) is 9.90 Å². The Hall–Kier alpha value is -1.06. The van der Waals surface area contributed by atoms with E-state index in [1.807, 2.05) is 13.0 Å². The summed E-state index contributed by atoms with van der Waals surface area (Å²) in [6.07, 6.45) is 6.33. The molecular weight excluding hydrogens is 274 g/mol. The van der Waals surface area contributed by atoms with Crippen molar-refractivity contribution in [3.8, 4) is 0 Å². The molecule has 0 bridgehead atoms. The third-order valence-electron chi connectivity index (χ3n) is 4.74. The summed E-state index contributed by atoms with van der Waals surface area (Å²) in [5.74, 6) is -0.297. The van der Waals surface area contributed by atoms with E-state index in [1.165, 1.54) is 12.8 Å². The molecule has 1 aromatic carbocycles. The lowest BCUT2D eigenvalue weighted by molar-refractivity contribution is -0.140. The monoisotopic (exact) mass is 293 g/mol. The minimum atomic E-state index is -1.41. The first-order chi connectivity index (χ1) is 9.53. The molecule has 0 spiro atoms. The average Bonchev–Trinajstić information content (AvgIpc) is 2.63. The number of rotatable bonds is 1. The van der Waals surface area contributed by atoms with Crippen molar-refractivity contribution in [2.75, 3.05) is 5.32 Å². The van der Waals surface area contributed by atoms with Crippen LogP contribution in [0.4, 0.5) is 5.69 Å². The molecule has 1 fully saturated rings. The topological polar surface area (TPSA) is 49.3 Å². The number of hydrogen-bond donors (Lipinski definition) is 2. The van der Waals surface area contributed by atoms with E-state index in [0.29, 0.717) is 10.6 Å². The summed E-state index contributed by atoms with van der Waals surface area (Å²) in [4.78, 5) is 12.4. The predicted molar refractivity (Wildman–Crippen MR) is 79.9 cm³/mol. The molecule has 0 saturated heterocycles. The van der Waals surface area contributed by atoms with Gasteiger partial charge >= 0.3 is 0 Å². The number of carbonyl (C=O) groups is 1. The van der Waals surface area contributed by atoms with Gasteiger partial charge in [0.25, 0.3) is 5.91 Å². The van der Waals surface area contributed by atoms with Gasteiger partial charge in [-0.25, -0.2) is 0 Å². The van der Waals surface area contributed by atoms with Gasteiger partial charge in [0, 0.05) is 16.5 Å². The SMILES string of the molecule is Cc1cc(Cl)cc2c1NC(=O)C2(O)C1CCCCCC1. The molecule has 20 heavy (non-hydrogen) atoms. The summed E-state index contributed by atoms with van der Waals surface area (Å²) in [5, 5.41) is 14.6. The van der Waals surface area contributed by atoms with Gasteiger partial charge in [-0.1, -0.05) is 37.3 Å². The zero-order chi connectivity index (χ0) is 14.3. The molecule has 1 aliphatic carbocycles. The quantitative estimate of drug-likeness (QED) is 0.775. The van der Waals surface area contributed by atoms with Crippen molar-refractivity contribution in [3.63, 3.8) is 0 Å². The van der Waals surface area contributed by atoms with E-state index in [2.05, 4.69) is 5.32 Å². The van der Waals surface area contributed by atoms with Gasteiger partial charge in [0.05, 0.1) is 5.69 Å². The zero-order valence-electron chi connectivity index (χ0n) is 11.7. The van der Waals surface area contributed by atoms with Crippen LogP contribution in [0.1, 0.15) is 49.7 Å². The highest BCUT2D eigenvalue weighted by atomic mass is 35.5. The second kappa shape index (κ2) is 5.05. The van der Waals surface area contributed by atoms with Crippen molar-refractivity contribution in [2.45, 2.75) is 51.0 Å². The lowest BCUT2D eigenvalue weighted by Crippen LogP contribution is -2.41. The van der Waals surface area contributed by atoms with Crippen molar-refractivity contribution in [3.05, 3.63) is 28.3 Å². The molecular formula is C16H20ClNO2. The smallest absolute Gasteiger partial charge is 0.261 e. The minimum absolute atomic E-state index is 0.0101. The average molecular weight is 294 g/mol. The van der Waals surface area contributed by atoms with E-state index >= 15 is 0 Å². The molecule has 108 valence electrons. The van der Waals surface area contributed by atoms with E-state index in [1.54, 1.807) is 6.07 Å². The number of carbonyl (C=O) groups excluding carboxylic acids is 1. The Kier molecular flexibility index (Phi) is 3.51. The Morgan fingerprint density at radius 1 is 1.25 bits per heavy atom. The van der Waals surface area contributed by atoms with Crippen LogP contribution in [0.3, 0.4) is 0 Å². The summed E-state index contributed by atoms with van der Waals surface area (Å²) in [5.41, 5.74) is 0.908. The van der Waals surface area contributed by atoms with Crippen LogP contribution in [0.15, 0.2) is 12.1 Å². The highest BCUT2D eigenvalue weighted by Gasteiger charge is 2.51. The van der Waals surface area contributed by atoms with E-state index in [0.717, 1.165) is 36.9 Å². The molecule has 2 aliphatic rings. The Morgan fingerprint density at radius 2 is 1.90 bits per heavy atom. The van der Waals surface area contributed by atoms with Gasteiger partial charge in [-0.2, -0.15) is 0 Å². The highest BCUT2D eigenvalue weighted by Crippen LogP contribution is 2.47. The van der Waals surface area contributed by atoms with Crippen molar-refractivity contribution >= 4 is 23.2 Å². The summed E-state index contributed by atoms with van der Waals surface area (Å²) in [6.45, 7) is 1.91. The van der Waals surface area contributed by atoms with Crippen LogP contribution in [0, 0.1) is 12.8 Å². The number of aliphatic hydroxyl groups is 1. The van der Waals surface area contributed by atoms with Gasteiger partial charge in [-0.05, 0) is 37.5 Å². The molecule has 4 heteroatoms. The molecule has 0 radical (unpaired) electrons. The number of hydrogen-bond acceptors (Lipinski definition) is 2. The zero-order valence-corrected chi connectivity index (χ0v) is 12.5. The number of anilines is 1. The van der Waals surface area contributed by atoms with Crippen LogP contribution < -0.4 is 5.32 Å². The molecule has 1 aromatic rings. The van der Waals surface area contributed by atoms with Gasteiger partial charge < -0.3 is 10.4 Å². The normalized spacial score (nSPS) is 27.1. The van der Waals surface area contributed by atoms with E-state index in [4.69, 9.17) is 11.6 Å². The molecule has 1 saturated carbocycles. The maximum absolute atomic E-state index is 12.4. The van der Waals surface area contributed by atoms with Gasteiger partial charge in [-0.3, -0.25) is 4.79 Å². The fourth-order valence-electron chi connectivity index (χ4n) is 3.64. The number of aryl methyl sites for hydroxylation is 1. The summed E-state index contributed by atoms with van der Waals surface area (Å²) in [7, 11) is 0. The number of halogens is 1. The van der Waals surface area contributed by atoms with Crippen LogP contribution in [0.5, 0.6) is 0 Å². The first kappa shape index (κ1) is 13.9. The molecule has 1 amide bonds. The van der Waals surface area contributed by atoms with Gasteiger partial charge in [-0.15, -0.1) is 0 Å². The largest absolute Gasteiger partial charge is 0.375 e. The van der Waals surface area contributed by atoms with Crippen molar-refractivity contribution in [2.24, 2.45) is 5.92 Å². The molecule has 1 unspecified atom stereocenters. The van der Waals surface area contributed by atoms with Crippen LogP contribution in [0.25, 0.3) is 0 Å². The fourth-order valence-corrected chi connectivity index (χ4v) is 3.92. The Balaban J connectivity index is 2.07. The Bertz CT molecular complexity index is 550. The Labute approximate surface area is 124 Å². The number of fused-ring (bicyclic) bond motifs is 1. The lowest BCUT2D eigenvalue weighted by atomic mass is 9.77. The Morgan fingerprint density at radius 3 is 2.55 bits per heavy atom. The molecule has 0 aromatic heterocycles. The predicted octanol–water partition coefficient (Wildman–Crippen LogP) is 3.76.